The third-order valence-electron chi connectivity index (χ3n) is 9.28. The minimum Gasteiger partial charge on any atom is -0.381 e. The Morgan fingerprint density at radius 1 is 0.917 bits per heavy atom. The van der Waals surface area contributed by atoms with Crippen molar-refractivity contribution in [3.8, 4) is 0 Å². The van der Waals surface area contributed by atoms with Crippen LogP contribution in [-0.2, 0) is 19.1 Å². The number of amides is 7. The summed E-state index contributed by atoms with van der Waals surface area (Å²) in [4.78, 5) is 70.0. The van der Waals surface area contributed by atoms with Crippen molar-refractivity contribution < 1.29 is 28.7 Å². The summed E-state index contributed by atoms with van der Waals surface area (Å²) in [7, 11) is 1.58. The Morgan fingerprint density at radius 3 is 2.22 bits per heavy atom. The number of unbranched alkanes of at least 4 members (excludes halogenated alkanes) is 1. The quantitative estimate of drug-likeness (QED) is 0.408. The van der Waals surface area contributed by atoms with Crippen LogP contribution in [0.25, 0.3) is 0 Å². The first-order valence-electron chi connectivity index (χ1n) is 13.6. The Kier molecular flexibility index (Phi) is 6.59. The second-order valence-corrected chi connectivity index (χ2v) is 11.6. The highest BCUT2D eigenvalue weighted by atomic mass is 16.5. The Labute approximate surface area is 212 Å². The smallest absolute Gasteiger partial charge is 0.333 e. The SMILES string of the molecule is CCCCN1C(=O)CC(=O)N(C2CCC3(CC2)CC2(C3)C(=O)N(C)C(=O)N2CC2CCOCC2)C1=O. The van der Waals surface area contributed by atoms with Crippen LogP contribution in [0.1, 0.15) is 77.6 Å². The summed E-state index contributed by atoms with van der Waals surface area (Å²) in [6.45, 7) is 4.34. The maximum Gasteiger partial charge on any atom is 0.333 e. The topological polar surface area (TPSA) is 108 Å². The van der Waals surface area contributed by atoms with Gasteiger partial charge in [-0.15, -0.1) is 0 Å². The highest BCUT2D eigenvalue weighted by Gasteiger charge is 2.68. The van der Waals surface area contributed by atoms with E-state index in [1.54, 1.807) is 7.05 Å². The molecule has 2 spiro atoms. The van der Waals surface area contributed by atoms with E-state index in [9.17, 15) is 24.0 Å². The molecule has 7 amide bonds. The van der Waals surface area contributed by atoms with E-state index in [1.165, 1.54) is 14.7 Å². The van der Waals surface area contributed by atoms with Crippen LogP contribution < -0.4 is 0 Å². The first kappa shape index (κ1) is 25.2. The van der Waals surface area contributed by atoms with E-state index in [2.05, 4.69) is 0 Å². The zero-order valence-corrected chi connectivity index (χ0v) is 21.5. The molecule has 0 unspecified atom stereocenters. The molecule has 5 fully saturated rings. The molecule has 0 aromatic rings. The minimum atomic E-state index is -0.753. The van der Waals surface area contributed by atoms with Gasteiger partial charge in [0.15, 0.2) is 0 Å². The molecule has 3 saturated heterocycles. The van der Waals surface area contributed by atoms with Crippen LogP contribution in [0, 0.1) is 11.3 Å². The summed E-state index contributed by atoms with van der Waals surface area (Å²) in [6.07, 6.45) is 7.38. The van der Waals surface area contributed by atoms with Crippen LogP contribution in [-0.4, -0.2) is 94.3 Å². The van der Waals surface area contributed by atoms with Crippen molar-refractivity contribution in [2.45, 2.75) is 89.1 Å². The van der Waals surface area contributed by atoms with Crippen molar-refractivity contribution >= 4 is 29.8 Å². The Hall–Kier alpha value is -2.49. The highest BCUT2D eigenvalue weighted by Crippen LogP contribution is 2.61. The number of likely N-dealkylation sites (N-methyl/N-ethyl adjacent to an activating group) is 1. The summed E-state index contributed by atoms with van der Waals surface area (Å²) >= 11 is 0. The minimum absolute atomic E-state index is 0.0505. The molecule has 0 atom stereocenters. The number of barbiturate groups is 1. The Morgan fingerprint density at radius 2 is 1.58 bits per heavy atom. The second kappa shape index (κ2) is 9.43. The maximum atomic E-state index is 13.3. The average Bonchev–Trinajstić information content (AvgIpc) is 3.02. The van der Waals surface area contributed by atoms with Gasteiger partial charge < -0.3 is 9.64 Å². The molecule has 2 saturated carbocycles. The van der Waals surface area contributed by atoms with E-state index in [0.717, 1.165) is 38.5 Å². The van der Waals surface area contributed by atoms with Crippen LogP contribution in [0.2, 0.25) is 0 Å². The van der Waals surface area contributed by atoms with Crippen molar-refractivity contribution in [2.75, 3.05) is 33.4 Å². The van der Waals surface area contributed by atoms with E-state index in [0.29, 0.717) is 57.9 Å². The molecule has 2 aliphatic carbocycles. The van der Waals surface area contributed by atoms with Gasteiger partial charge in [-0.1, -0.05) is 13.3 Å². The molecule has 3 aliphatic heterocycles. The lowest BCUT2D eigenvalue weighted by Crippen LogP contribution is -2.66. The van der Waals surface area contributed by atoms with E-state index >= 15 is 0 Å². The predicted octanol–water partition coefficient (Wildman–Crippen LogP) is 2.75. The van der Waals surface area contributed by atoms with E-state index in [-0.39, 0.29) is 29.8 Å². The molecule has 0 N–H and O–H groups in total. The van der Waals surface area contributed by atoms with Gasteiger partial charge in [-0.3, -0.25) is 29.1 Å². The average molecular weight is 503 g/mol. The number of hydrogen-bond acceptors (Lipinski definition) is 6. The largest absolute Gasteiger partial charge is 0.381 e. The lowest BCUT2D eigenvalue weighted by Gasteiger charge is -2.59. The van der Waals surface area contributed by atoms with Gasteiger partial charge in [-0.2, -0.15) is 0 Å². The lowest BCUT2D eigenvalue weighted by molar-refractivity contribution is -0.152. The second-order valence-electron chi connectivity index (χ2n) is 11.6. The molecular formula is C26H38N4O6. The van der Waals surface area contributed by atoms with Gasteiger partial charge in [0.25, 0.3) is 5.91 Å². The lowest BCUT2D eigenvalue weighted by atomic mass is 9.51. The molecular weight excluding hydrogens is 464 g/mol. The number of hydrogen-bond donors (Lipinski definition) is 0. The predicted molar refractivity (Wildman–Crippen MR) is 129 cm³/mol. The Bertz CT molecular complexity index is 944. The standard InChI is InChI=1S/C26H38N4O6/c1-3-4-11-28-20(31)14-21(32)30(24(28)35)19-5-9-25(10-6-19)16-26(17-25)22(33)27(2)23(34)29(26)15-18-7-12-36-13-8-18/h18-19H,3-17H2,1-2H3. The fourth-order valence-corrected chi connectivity index (χ4v) is 7.23. The van der Waals surface area contributed by atoms with Crippen molar-refractivity contribution in [3.63, 3.8) is 0 Å². The third-order valence-corrected chi connectivity index (χ3v) is 9.28. The van der Waals surface area contributed by atoms with Crippen LogP contribution >= 0.6 is 0 Å². The zero-order chi connectivity index (χ0) is 25.7. The third kappa shape index (κ3) is 4.01. The number of rotatable bonds is 6. The molecule has 36 heavy (non-hydrogen) atoms. The van der Waals surface area contributed by atoms with Crippen molar-refractivity contribution in [2.24, 2.45) is 11.3 Å². The van der Waals surface area contributed by atoms with Crippen LogP contribution in [0.4, 0.5) is 9.59 Å². The molecule has 10 nitrogen and oxygen atoms in total. The van der Waals surface area contributed by atoms with Crippen LogP contribution in [0.3, 0.4) is 0 Å². The van der Waals surface area contributed by atoms with Gasteiger partial charge in [0.1, 0.15) is 12.0 Å². The number of ether oxygens (including phenoxy) is 1. The van der Waals surface area contributed by atoms with Gasteiger partial charge in [-0.25, -0.2) is 9.59 Å². The number of carbonyl (C=O) groups excluding carboxylic acids is 5. The molecule has 5 rings (SSSR count). The van der Waals surface area contributed by atoms with E-state index < -0.39 is 23.4 Å². The van der Waals surface area contributed by atoms with Gasteiger partial charge in [0.2, 0.25) is 11.8 Å². The molecule has 0 aromatic heterocycles. The van der Waals surface area contributed by atoms with Gasteiger partial charge in [0, 0.05) is 39.4 Å². The highest BCUT2D eigenvalue weighted by molar-refractivity contribution is 6.14. The maximum absolute atomic E-state index is 13.3. The van der Waals surface area contributed by atoms with Gasteiger partial charge in [0.05, 0.1) is 0 Å². The monoisotopic (exact) mass is 502 g/mol. The fourth-order valence-electron chi connectivity index (χ4n) is 7.23. The van der Waals surface area contributed by atoms with Crippen LogP contribution in [0.15, 0.2) is 0 Å². The number of imide groups is 3. The number of urea groups is 2. The van der Waals surface area contributed by atoms with Gasteiger partial charge in [-0.05, 0) is 69.1 Å². The van der Waals surface area contributed by atoms with Crippen molar-refractivity contribution in [1.82, 2.24) is 19.6 Å². The molecule has 0 aromatic carbocycles. The number of carbonyl (C=O) groups is 5. The molecule has 10 heteroatoms. The fraction of sp³-hybridized carbons (Fsp3) is 0.808. The molecule has 5 aliphatic rings. The van der Waals surface area contributed by atoms with E-state index in [4.69, 9.17) is 4.74 Å². The van der Waals surface area contributed by atoms with Crippen molar-refractivity contribution in [1.29, 1.82) is 0 Å². The van der Waals surface area contributed by atoms with Crippen molar-refractivity contribution in [3.05, 3.63) is 0 Å². The summed E-state index contributed by atoms with van der Waals surface area (Å²) in [6, 6.07) is -0.890. The Balaban J connectivity index is 1.24. The summed E-state index contributed by atoms with van der Waals surface area (Å²) in [5.74, 6) is -0.551. The molecule has 0 radical (unpaired) electrons. The first-order chi connectivity index (χ1) is 17.2. The molecule has 0 bridgehead atoms. The van der Waals surface area contributed by atoms with Crippen LogP contribution in [0.5, 0.6) is 0 Å². The molecule has 3 heterocycles. The normalized spacial score (nSPS) is 33.9. The molecule has 198 valence electrons. The first-order valence-corrected chi connectivity index (χ1v) is 13.6. The summed E-state index contributed by atoms with van der Waals surface area (Å²) in [5, 5.41) is 0. The zero-order valence-electron chi connectivity index (χ0n) is 21.5. The summed E-state index contributed by atoms with van der Waals surface area (Å²) in [5.41, 5.74) is -0.803. The summed E-state index contributed by atoms with van der Waals surface area (Å²) < 4.78 is 5.47. The number of nitrogens with zero attached hydrogens (tertiary/aromatic N) is 4. The van der Waals surface area contributed by atoms with E-state index in [1.807, 2.05) is 11.8 Å². The van der Waals surface area contributed by atoms with Gasteiger partial charge >= 0.3 is 12.1 Å².